The minimum atomic E-state index is -0.720. The minimum Gasteiger partial charge on any atom is -0.339 e. The molecule has 3 fully saturated rings. The Kier molecular flexibility index (Phi) is 15.5. The van der Waals surface area contributed by atoms with Gasteiger partial charge in [0.1, 0.15) is 0 Å². The molecule has 8 heteroatoms. The van der Waals surface area contributed by atoms with Gasteiger partial charge in [-0.05, 0) is 223 Å². The molecule has 9 aliphatic rings. The monoisotopic (exact) mass is 1430 g/mol. The van der Waals surface area contributed by atoms with Gasteiger partial charge in [-0.15, -0.1) is 0 Å². The van der Waals surface area contributed by atoms with E-state index in [0.717, 1.165) is 28.4 Å². The van der Waals surface area contributed by atoms with E-state index in [0.29, 0.717) is 29.7 Å². The number of fused-ring (bicyclic) bond motifs is 17. The smallest absolute Gasteiger partial charge is 0.252 e. The van der Waals surface area contributed by atoms with E-state index in [2.05, 4.69) is 354 Å². The molecule has 109 heavy (non-hydrogen) atoms. The highest BCUT2D eigenvalue weighted by molar-refractivity contribution is 7.99. The van der Waals surface area contributed by atoms with Crippen molar-refractivity contribution in [2.24, 2.45) is 23.7 Å². The summed E-state index contributed by atoms with van der Waals surface area (Å²) in [6, 6.07) is 116. The van der Waals surface area contributed by atoms with Gasteiger partial charge in [-0.1, -0.05) is 291 Å². The summed E-state index contributed by atoms with van der Waals surface area (Å²) in [6.07, 6.45) is 17.5. The fourth-order valence-corrected chi connectivity index (χ4v) is 23.9. The van der Waals surface area contributed by atoms with Gasteiger partial charge in [-0.3, -0.25) is 0 Å². The maximum atomic E-state index is 3.16. The molecule has 3 saturated carbocycles. The minimum absolute atomic E-state index is 0.0410. The number of benzene rings is 13. The normalized spacial score (nSPS) is 19.0. The van der Waals surface area contributed by atoms with E-state index in [1.165, 1.54) is 216 Å². The van der Waals surface area contributed by atoms with Crippen LogP contribution >= 0.6 is 11.8 Å². The Morgan fingerprint density at radius 1 is 0.330 bits per heavy atom. The van der Waals surface area contributed by atoms with Gasteiger partial charge in [0.2, 0.25) is 0 Å². The van der Waals surface area contributed by atoms with Crippen molar-refractivity contribution in [1.29, 1.82) is 0 Å². The number of hydrogen-bond donors (Lipinski definition) is 0. The summed E-state index contributed by atoms with van der Waals surface area (Å²) in [5, 5.41) is 0. The van der Waals surface area contributed by atoms with Gasteiger partial charge in [0.05, 0.1) is 11.1 Å². The highest BCUT2D eigenvalue weighted by Crippen LogP contribution is 2.65. The fourth-order valence-electron chi connectivity index (χ4n) is 22.6. The van der Waals surface area contributed by atoms with E-state index in [9.17, 15) is 0 Å². The standard InChI is InChI=1S/C101H89B2N5S/c1-100(2,3)68-58-91-97-92(59-68)108(99-75(66-34-11-4-12-35-66)50-33-51-76(99)67-36-13-5-14-37-67)90-65-96-82(63-86(90)103(97)83-54-29-31-56-87(83)105(91)71-42-19-8-20-43-71)101(79-52-27-25-48-77(79)78-49-26-28-53-80(78)101)81-62-85-89(64-95(81)109-96)107(73-46-23-10-24-47-73)94-61-74(104(69-38-15-6-16-39-69)70-40-17-7-18-41-70)60-93-98(94)102(85)84-55-30-32-57-88(84)106(93)72-44-21-9-22-45-72/h6-10,15-32,38-49,52-67,75-76,99H,4-5,11-14,33-37,50-51H2,1-3H3. The molecule has 5 nitrogen and oxygen atoms in total. The van der Waals surface area contributed by atoms with Crippen LogP contribution in [-0.2, 0) is 10.8 Å². The summed E-state index contributed by atoms with van der Waals surface area (Å²) < 4.78 is 0. The molecule has 2 atom stereocenters. The van der Waals surface area contributed by atoms with Crippen molar-refractivity contribution >= 4 is 138 Å². The molecule has 530 valence electrons. The first-order valence-electron chi connectivity index (χ1n) is 40.8. The lowest BCUT2D eigenvalue weighted by Crippen LogP contribution is -2.65. The largest absolute Gasteiger partial charge is 0.339 e. The third kappa shape index (κ3) is 10.0. The van der Waals surface area contributed by atoms with Crippen molar-refractivity contribution in [2.75, 3.05) is 24.5 Å². The topological polar surface area (TPSA) is 16.2 Å². The molecule has 22 rings (SSSR count). The summed E-state index contributed by atoms with van der Waals surface area (Å²) in [7, 11) is 0. The first-order valence-corrected chi connectivity index (χ1v) is 41.6. The zero-order valence-electron chi connectivity index (χ0n) is 62.7. The van der Waals surface area contributed by atoms with Gasteiger partial charge in [0, 0.05) is 89.8 Å². The highest BCUT2D eigenvalue weighted by atomic mass is 32.2. The van der Waals surface area contributed by atoms with Crippen molar-refractivity contribution in [3.05, 3.63) is 325 Å². The third-order valence-electron chi connectivity index (χ3n) is 27.1. The van der Waals surface area contributed by atoms with E-state index in [1.54, 1.807) is 0 Å². The lowest BCUT2D eigenvalue weighted by molar-refractivity contribution is 0.0839. The van der Waals surface area contributed by atoms with Crippen LogP contribution in [0.2, 0.25) is 0 Å². The summed E-state index contributed by atoms with van der Waals surface area (Å²) in [6.45, 7) is 7.21. The van der Waals surface area contributed by atoms with Crippen LogP contribution in [0.1, 0.15) is 132 Å². The average molecular weight is 1430 g/mol. The lowest BCUT2D eigenvalue weighted by Gasteiger charge is -2.55. The second kappa shape index (κ2) is 25.7. The average Bonchev–Trinajstić information content (AvgIpc) is 1.04. The molecule has 1 spiro atoms. The van der Waals surface area contributed by atoms with Crippen molar-refractivity contribution in [3.8, 4) is 11.1 Å². The van der Waals surface area contributed by atoms with Crippen LogP contribution in [0.3, 0.4) is 0 Å². The molecule has 0 aromatic heterocycles. The zero-order chi connectivity index (χ0) is 72.2. The predicted molar refractivity (Wildman–Crippen MR) is 461 cm³/mol. The van der Waals surface area contributed by atoms with Crippen molar-refractivity contribution in [2.45, 2.75) is 131 Å². The summed E-state index contributed by atoms with van der Waals surface area (Å²) >= 11 is 2.06. The van der Waals surface area contributed by atoms with Gasteiger partial charge < -0.3 is 24.5 Å². The van der Waals surface area contributed by atoms with Gasteiger partial charge >= 0.3 is 0 Å². The first-order chi connectivity index (χ1) is 53.8. The Morgan fingerprint density at radius 3 is 1.21 bits per heavy atom. The van der Waals surface area contributed by atoms with Gasteiger partial charge in [0.25, 0.3) is 13.4 Å². The molecule has 13 aromatic rings. The van der Waals surface area contributed by atoms with Gasteiger partial charge in [-0.2, -0.15) is 0 Å². The molecule has 0 radical (unpaired) electrons. The quantitative estimate of drug-likeness (QED) is 0.133. The Bertz CT molecular complexity index is 5620. The van der Waals surface area contributed by atoms with Gasteiger partial charge in [-0.25, -0.2) is 0 Å². The van der Waals surface area contributed by atoms with Crippen LogP contribution in [0.4, 0.5) is 79.6 Å². The van der Waals surface area contributed by atoms with E-state index in [4.69, 9.17) is 0 Å². The number of para-hydroxylation sites is 7. The Hall–Kier alpha value is -10.7. The number of anilines is 14. The molecule has 0 saturated heterocycles. The molecule has 13 aromatic carbocycles. The summed E-state index contributed by atoms with van der Waals surface area (Å²) in [4.78, 5) is 16.2. The third-order valence-corrected chi connectivity index (χ3v) is 28.2. The summed E-state index contributed by atoms with van der Waals surface area (Å²) in [5.74, 6) is 2.58. The first kappa shape index (κ1) is 65.4. The lowest BCUT2D eigenvalue weighted by atomic mass is 9.33. The molecule has 5 aliphatic heterocycles. The van der Waals surface area contributed by atoms with E-state index >= 15 is 0 Å². The van der Waals surface area contributed by atoms with Gasteiger partial charge in [0.15, 0.2) is 0 Å². The molecule has 0 N–H and O–H groups in total. The Morgan fingerprint density at radius 2 is 0.725 bits per heavy atom. The molecule has 0 amide bonds. The second-order valence-corrected chi connectivity index (χ2v) is 34.8. The SMILES string of the molecule is CC(C)(C)c1cc2c3c(c1)N(C1C(C4CCCCC4)CCCC1C1CCCCC1)c1cc4c(cc1B3c1ccccc1N2c1ccccc1)C1(c2cc3c(cc2S4)N(c2ccccc2)c2cc(N(c4ccccc4)c4ccccc4)cc4c2B3c2ccccc2N4c2ccccc2)c2ccccc2-c2ccccc21. The van der Waals surface area contributed by atoms with Crippen LogP contribution < -0.4 is 57.3 Å². The van der Waals surface area contributed by atoms with Crippen LogP contribution in [0.25, 0.3) is 11.1 Å². The van der Waals surface area contributed by atoms with Crippen molar-refractivity contribution in [1.82, 2.24) is 0 Å². The molecular formula is C101H89B2N5S. The second-order valence-electron chi connectivity index (χ2n) is 33.8. The van der Waals surface area contributed by atoms with E-state index in [1.807, 2.05) is 0 Å². The number of rotatable bonds is 9. The molecular weight excluding hydrogens is 1340 g/mol. The summed E-state index contributed by atoms with van der Waals surface area (Å²) in [5.41, 5.74) is 34.0. The van der Waals surface area contributed by atoms with Crippen molar-refractivity contribution in [3.63, 3.8) is 0 Å². The van der Waals surface area contributed by atoms with Crippen LogP contribution in [-0.4, -0.2) is 19.5 Å². The molecule has 4 aliphatic carbocycles. The zero-order valence-corrected chi connectivity index (χ0v) is 63.5. The van der Waals surface area contributed by atoms with E-state index in [-0.39, 0.29) is 18.8 Å². The maximum Gasteiger partial charge on any atom is 0.252 e. The fraction of sp³-hybridized carbons (Fsp3) is 0.228. The van der Waals surface area contributed by atoms with E-state index < -0.39 is 5.41 Å². The molecule has 5 heterocycles. The molecule has 2 unspecified atom stereocenters. The Balaban J connectivity index is 0.849. The van der Waals surface area contributed by atoms with Crippen LogP contribution in [0.15, 0.2) is 307 Å². The number of nitrogens with zero attached hydrogens (tertiary/aromatic N) is 5. The predicted octanol–water partition coefficient (Wildman–Crippen LogP) is 23.1. The van der Waals surface area contributed by atoms with Crippen LogP contribution in [0, 0.1) is 23.7 Å². The number of hydrogen-bond acceptors (Lipinski definition) is 6. The van der Waals surface area contributed by atoms with Crippen molar-refractivity contribution < 1.29 is 0 Å². The molecule has 0 bridgehead atoms. The Labute approximate surface area is 648 Å². The maximum absolute atomic E-state index is 3.16. The highest BCUT2D eigenvalue weighted by Gasteiger charge is 2.56. The van der Waals surface area contributed by atoms with Crippen LogP contribution in [0.5, 0.6) is 0 Å².